The Morgan fingerprint density at radius 2 is 1.94 bits per heavy atom. The van der Waals surface area contributed by atoms with Crippen LogP contribution in [-0.4, -0.2) is 38.8 Å². The van der Waals surface area contributed by atoms with E-state index in [0.29, 0.717) is 35.9 Å². The van der Waals surface area contributed by atoms with Crippen LogP contribution in [0, 0.1) is 24.2 Å². The second kappa shape index (κ2) is 12.3. The van der Waals surface area contributed by atoms with E-state index in [9.17, 15) is 19.8 Å². The Kier molecular flexibility index (Phi) is 10.3. The number of ketones is 1. The average Bonchev–Trinajstić information content (AvgIpc) is 3.19. The molecular weight excluding hydrogens is 470 g/mol. The van der Waals surface area contributed by atoms with E-state index >= 15 is 0 Å². The number of Topliss-reactive ketones (excluding diaryl/α,β-unsaturated/α-hetero) is 1. The summed E-state index contributed by atoms with van der Waals surface area (Å²) in [5.41, 5.74) is 0.689. The molecule has 0 bridgehead atoms. The standard InChI is InChI=1S/C27H40ClNO6/c1-7-21-25(31)26(5,6)14-13-24(30)35-23(22(28)15-20-16-34-19(4)29-20)12-11-17(2)9-8-10-18(3)27(21,32)33/h11,15-16,18,21,23,32-33H,7-10,12-14H2,1-6H3. The molecule has 2 N–H and O–H groups in total. The molecule has 0 aromatic carbocycles. The number of nitrogens with zero attached hydrogens (tertiary/aromatic N) is 1. The molecule has 7 nitrogen and oxygen atoms in total. The van der Waals surface area contributed by atoms with Crippen molar-refractivity contribution >= 4 is 29.4 Å². The number of aromatic nitrogens is 1. The van der Waals surface area contributed by atoms with Crippen molar-refractivity contribution in [1.29, 1.82) is 0 Å². The van der Waals surface area contributed by atoms with Crippen LogP contribution in [0.1, 0.15) is 91.1 Å². The van der Waals surface area contributed by atoms with Crippen molar-refractivity contribution < 1.29 is 29.0 Å². The largest absolute Gasteiger partial charge is 0.456 e. The molecule has 2 heterocycles. The summed E-state index contributed by atoms with van der Waals surface area (Å²) in [4.78, 5) is 30.4. The number of aryl methyl sites for hydroxylation is 1. The molecule has 0 spiro atoms. The third-order valence-electron chi connectivity index (χ3n) is 6.98. The summed E-state index contributed by atoms with van der Waals surface area (Å²) in [5, 5.41) is 22.2. The van der Waals surface area contributed by atoms with Crippen molar-refractivity contribution in [3.63, 3.8) is 0 Å². The number of aliphatic hydroxyl groups is 2. The Hall–Kier alpha value is -1.96. The Morgan fingerprint density at radius 3 is 2.54 bits per heavy atom. The topological polar surface area (TPSA) is 110 Å². The minimum absolute atomic E-state index is 0.00101. The zero-order chi connectivity index (χ0) is 26.4. The molecular formula is C27H40ClNO6. The first-order valence-corrected chi connectivity index (χ1v) is 12.8. The number of hydrogen-bond donors (Lipinski definition) is 2. The number of carbonyl (C=O) groups is 2. The maximum absolute atomic E-state index is 13.4. The van der Waals surface area contributed by atoms with Gasteiger partial charge in [0.15, 0.2) is 11.7 Å². The van der Waals surface area contributed by atoms with Gasteiger partial charge in [0.05, 0.1) is 11.0 Å². The number of hydrogen-bond acceptors (Lipinski definition) is 7. The van der Waals surface area contributed by atoms with E-state index in [1.54, 1.807) is 40.7 Å². The van der Waals surface area contributed by atoms with Gasteiger partial charge >= 0.3 is 5.97 Å². The zero-order valence-electron chi connectivity index (χ0n) is 21.8. The highest BCUT2D eigenvalue weighted by molar-refractivity contribution is 6.32. The van der Waals surface area contributed by atoms with Crippen LogP contribution in [0.5, 0.6) is 0 Å². The van der Waals surface area contributed by atoms with E-state index in [1.807, 2.05) is 13.0 Å². The smallest absolute Gasteiger partial charge is 0.306 e. The van der Waals surface area contributed by atoms with Crippen LogP contribution in [0.15, 0.2) is 27.4 Å². The quantitative estimate of drug-likeness (QED) is 0.305. The predicted octanol–water partition coefficient (Wildman–Crippen LogP) is 5.71. The Labute approximate surface area is 213 Å². The third-order valence-corrected chi connectivity index (χ3v) is 7.33. The van der Waals surface area contributed by atoms with E-state index in [1.165, 1.54) is 6.26 Å². The van der Waals surface area contributed by atoms with E-state index < -0.39 is 35.1 Å². The molecule has 1 aromatic rings. The van der Waals surface area contributed by atoms with Gasteiger partial charge in [0, 0.05) is 31.1 Å². The van der Waals surface area contributed by atoms with Crippen molar-refractivity contribution in [1.82, 2.24) is 4.98 Å². The summed E-state index contributed by atoms with van der Waals surface area (Å²) in [6.45, 7) is 10.7. The summed E-state index contributed by atoms with van der Waals surface area (Å²) in [7, 11) is 0. The predicted molar refractivity (Wildman–Crippen MR) is 135 cm³/mol. The first kappa shape index (κ1) is 29.3. The van der Waals surface area contributed by atoms with Crippen LogP contribution in [0.2, 0.25) is 0 Å². The maximum Gasteiger partial charge on any atom is 0.306 e. The first-order chi connectivity index (χ1) is 16.3. The normalized spacial score (nSPS) is 27.3. The molecule has 0 saturated carbocycles. The number of carbonyl (C=O) groups excluding carboxylic acids is 2. The van der Waals surface area contributed by atoms with Gasteiger partial charge in [0.1, 0.15) is 23.8 Å². The molecule has 0 amide bonds. The van der Waals surface area contributed by atoms with Gasteiger partial charge in [-0.3, -0.25) is 9.59 Å². The third kappa shape index (κ3) is 8.02. The molecule has 35 heavy (non-hydrogen) atoms. The summed E-state index contributed by atoms with van der Waals surface area (Å²) >= 11 is 6.55. The Balaban J connectivity index is 2.33. The van der Waals surface area contributed by atoms with Crippen LogP contribution >= 0.6 is 11.6 Å². The highest BCUT2D eigenvalue weighted by Gasteiger charge is 2.47. The highest BCUT2D eigenvalue weighted by atomic mass is 35.5. The van der Waals surface area contributed by atoms with Crippen molar-refractivity contribution in [3.05, 3.63) is 34.5 Å². The van der Waals surface area contributed by atoms with Gasteiger partial charge in [-0.2, -0.15) is 0 Å². The van der Waals surface area contributed by atoms with Gasteiger partial charge in [-0.15, -0.1) is 0 Å². The first-order valence-electron chi connectivity index (χ1n) is 12.4. The minimum atomic E-state index is -2.11. The summed E-state index contributed by atoms with van der Waals surface area (Å²) in [6.07, 6.45) is 7.35. The Morgan fingerprint density at radius 1 is 1.26 bits per heavy atom. The Bertz CT molecular complexity index is 945. The lowest BCUT2D eigenvalue weighted by molar-refractivity contribution is -0.234. The molecule has 0 saturated heterocycles. The molecule has 8 heteroatoms. The molecule has 0 fully saturated rings. The maximum atomic E-state index is 13.4. The molecule has 3 atom stereocenters. The minimum Gasteiger partial charge on any atom is -0.456 e. The van der Waals surface area contributed by atoms with E-state index in [4.69, 9.17) is 20.8 Å². The van der Waals surface area contributed by atoms with Gasteiger partial charge in [-0.25, -0.2) is 4.98 Å². The van der Waals surface area contributed by atoms with Crippen LogP contribution in [0.25, 0.3) is 6.08 Å². The van der Waals surface area contributed by atoms with Gasteiger partial charge < -0.3 is 19.4 Å². The molecule has 0 radical (unpaired) electrons. The fourth-order valence-corrected chi connectivity index (χ4v) is 4.70. The second-order valence-electron chi connectivity index (χ2n) is 10.4. The molecule has 196 valence electrons. The lowest BCUT2D eigenvalue weighted by Crippen LogP contribution is -2.50. The summed E-state index contributed by atoms with van der Waals surface area (Å²) in [5.74, 6) is -3.76. The number of allylic oxidation sites excluding steroid dienone is 1. The average molecular weight is 510 g/mol. The second-order valence-corrected chi connectivity index (χ2v) is 10.8. The van der Waals surface area contributed by atoms with E-state index in [0.717, 1.165) is 18.4 Å². The molecule has 0 aliphatic carbocycles. The fraction of sp³-hybridized carbons (Fsp3) is 0.667. The molecule has 1 aliphatic heterocycles. The van der Waals surface area contributed by atoms with Gasteiger partial charge in [0.2, 0.25) is 0 Å². The monoisotopic (exact) mass is 509 g/mol. The summed E-state index contributed by atoms with van der Waals surface area (Å²) < 4.78 is 11.0. The number of ether oxygens (including phenoxy) is 1. The molecule has 3 unspecified atom stereocenters. The van der Waals surface area contributed by atoms with Crippen LogP contribution in [0.4, 0.5) is 0 Å². The molecule has 1 aromatic heterocycles. The molecule has 2 rings (SSSR count). The van der Waals surface area contributed by atoms with Crippen molar-refractivity contribution in [3.8, 4) is 0 Å². The fourth-order valence-electron chi connectivity index (χ4n) is 4.46. The number of oxazole rings is 1. The van der Waals surface area contributed by atoms with E-state index in [2.05, 4.69) is 4.98 Å². The van der Waals surface area contributed by atoms with Crippen molar-refractivity contribution in [2.24, 2.45) is 17.3 Å². The van der Waals surface area contributed by atoms with E-state index in [-0.39, 0.29) is 18.6 Å². The number of esters is 1. The lowest BCUT2D eigenvalue weighted by Gasteiger charge is -2.39. The van der Waals surface area contributed by atoms with Gasteiger partial charge in [0.25, 0.3) is 0 Å². The highest BCUT2D eigenvalue weighted by Crippen LogP contribution is 2.38. The number of rotatable bonds is 3. The summed E-state index contributed by atoms with van der Waals surface area (Å²) in [6, 6.07) is 0. The van der Waals surface area contributed by atoms with Gasteiger partial charge in [-0.1, -0.05) is 50.9 Å². The van der Waals surface area contributed by atoms with Crippen molar-refractivity contribution in [2.75, 3.05) is 0 Å². The number of cyclic esters (lactones) is 1. The molecule has 1 aliphatic rings. The SMILES string of the molecule is CCC1C(=O)C(C)(C)CCC(=O)OC(C(Cl)=Cc2coc(C)n2)CC=C(C)CCCC(C)C1(O)O. The number of halogens is 1. The van der Waals surface area contributed by atoms with Crippen molar-refractivity contribution in [2.45, 2.75) is 98.4 Å². The lowest BCUT2D eigenvalue weighted by atomic mass is 9.71. The van der Waals surface area contributed by atoms with Crippen LogP contribution < -0.4 is 0 Å². The van der Waals surface area contributed by atoms with Gasteiger partial charge in [-0.05, 0) is 45.1 Å². The van der Waals surface area contributed by atoms with Crippen LogP contribution in [-0.2, 0) is 14.3 Å². The van der Waals surface area contributed by atoms with Crippen LogP contribution in [0.3, 0.4) is 0 Å². The zero-order valence-corrected chi connectivity index (χ0v) is 22.5.